The molecule has 1 saturated heterocycles. The van der Waals surface area contributed by atoms with E-state index in [-0.39, 0.29) is 35.9 Å². The molecule has 1 unspecified atom stereocenters. The Kier molecular flexibility index (Phi) is 8.18. The van der Waals surface area contributed by atoms with Crippen LogP contribution in [0, 0.1) is 5.92 Å². The van der Waals surface area contributed by atoms with E-state index in [9.17, 15) is 13.2 Å². The average molecular weight is 391 g/mol. The van der Waals surface area contributed by atoms with Crippen LogP contribution >= 0.6 is 12.4 Å². The molecule has 1 atom stereocenters. The number of carbonyl (C=O) groups excluding carboxylic acids is 1. The fraction of sp³-hybridized carbons (Fsp3) is 0.588. The van der Waals surface area contributed by atoms with Crippen LogP contribution in [0.3, 0.4) is 0 Å². The minimum absolute atomic E-state index is 0. The Morgan fingerprint density at radius 1 is 1.28 bits per heavy atom. The van der Waals surface area contributed by atoms with Gasteiger partial charge in [0.1, 0.15) is 5.75 Å². The van der Waals surface area contributed by atoms with Crippen LogP contribution < -0.4 is 10.5 Å². The number of ether oxygens (including phenoxy) is 1. The van der Waals surface area contributed by atoms with Crippen molar-refractivity contribution in [3.05, 3.63) is 24.3 Å². The van der Waals surface area contributed by atoms with Crippen molar-refractivity contribution < 1.29 is 17.9 Å². The highest BCUT2D eigenvalue weighted by Gasteiger charge is 2.24. The highest BCUT2D eigenvalue weighted by Crippen LogP contribution is 2.20. The quantitative estimate of drug-likeness (QED) is 0.800. The molecule has 1 aliphatic heterocycles. The summed E-state index contributed by atoms with van der Waals surface area (Å²) in [5.41, 5.74) is 5.91. The molecule has 0 radical (unpaired) electrons. The molecule has 1 heterocycles. The maximum Gasteiger partial charge on any atom is 0.225 e. The van der Waals surface area contributed by atoms with Gasteiger partial charge in [0.25, 0.3) is 0 Å². The summed E-state index contributed by atoms with van der Waals surface area (Å²) in [7, 11) is -3.20. The van der Waals surface area contributed by atoms with Gasteiger partial charge in [-0.2, -0.15) is 0 Å². The number of sulfone groups is 1. The Labute approximate surface area is 156 Å². The lowest BCUT2D eigenvalue weighted by molar-refractivity contribution is -0.133. The molecule has 1 aromatic carbocycles. The maximum atomic E-state index is 12.2. The molecule has 0 spiro atoms. The zero-order valence-electron chi connectivity index (χ0n) is 14.7. The molecule has 1 aliphatic rings. The van der Waals surface area contributed by atoms with Gasteiger partial charge >= 0.3 is 0 Å². The molecule has 0 saturated carbocycles. The third kappa shape index (κ3) is 6.49. The minimum atomic E-state index is -3.20. The van der Waals surface area contributed by atoms with Crippen LogP contribution in [0.1, 0.15) is 26.2 Å². The summed E-state index contributed by atoms with van der Waals surface area (Å²) in [6.45, 7) is 3.82. The number of rotatable bonds is 6. The summed E-state index contributed by atoms with van der Waals surface area (Å²) >= 11 is 0. The topological polar surface area (TPSA) is 89.7 Å². The van der Waals surface area contributed by atoms with E-state index in [1.807, 2.05) is 11.8 Å². The van der Waals surface area contributed by atoms with Crippen molar-refractivity contribution >= 4 is 28.2 Å². The van der Waals surface area contributed by atoms with Crippen molar-refractivity contribution in [3.63, 3.8) is 0 Å². The van der Waals surface area contributed by atoms with Gasteiger partial charge in [0.2, 0.25) is 5.91 Å². The first-order valence-corrected chi connectivity index (χ1v) is 10.1. The Morgan fingerprint density at radius 2 is 1.84 bits per heavy atom. The Morgan fingerprint density at radius 3 is 2.32 bits per heavy atom. The predicted molar refractivity (Wildman–Crippen MR) is 99.9 cm³/mol. The van der Waals surface area contributed by atoms with E-state index in [0.717, 1.165) is 32.2 Å². The summed E-state index contributed by atoms with van der Waals surface area (Å²) in [4.78, 5) is 14.3. The highest BCUT2D eigenvalue weighted by atomic mass is 35.5. The highest BCUT2D eigenvalue weighted by molar-refractivity contribution is 7.90. The molecule has 0 aromatic heterocycles. The number of amides is 1. The van der Waals surface area contributed by atoms with Gasteiger partial charge < -0.3 is 15.4 Å². The normalized spacial score (nSPS) is 16.8. The Hall–Kier alpha value is -1.31. The molecule has 142 valence electrons. The van der Waals surface area contributed by atoms with Crippen molar-refractivity contribution in [1.82, 2.24) is 4.90 Å². The molecule has 1 aromatic rings. The fourth-order valence-corrected chi connectivity index (χ4v) is 3.50. The monoisotopic (exact) mass is 390 g/mol. The molecule has 0 bridgehead atoms. The molecule has 1 amide bonds. The van der Waals surface area contributed by atoms with E-state index in [0.29, 0.717) is 18.1 Å². The van der Waals surface area contributed by atoms with Crippen LogP contribution in [0.15, 0.2) is 29.2 Å². The van der Waals surface area contributed by atoms with Crippen LogP contribution in [0.2, 0.25) is 0 Å². The van der Waals surface area contributed by atoms with Gasteiger partial charge in [-0.1, -0.05) is 0 Å². The van der Waals surface area contributed by atoms with E-state index in [1.54, 1.807) is 12.1 Å². The zero-order valence-corrected chi connectivity index (χ0v) is 16.3. The second-order valence-electron chi connectivity index (χ2n) is 6.42. The Balaban J connectivity index is 0.00000312. The van der Waals surface area contributed by atoms with Crippen LogP contribution in [0.25, 0.3) is 0 Å². The third-order valence-corrected chi connectivity index (χ3v) is 5.60. The van der Waals surface area contributed by atoms with Crippen molar-refractivity contribution in [2.45, 2.75) is 37.1 Å². The van der Waals surface area contributed by atoms with Crippen LogP contribution in [0.4, 0.5) is 0 Å². The maximum absolute atomic E-state index is 12.2. The average Bonchev–Trinajstić information content (AvgIpc) is 2.54. The van der Waals surface area contributed by atoms with Crippen LogP contribution in [-0.2, 0) is 14.6 Å². The van der Waals surface area contributed by atoms with Crippen LogP contribution in [0.5, 0.6) is 5.75 Å². The SMILES string of the molecule is CC(N)C1CCN(C(=O)CCOc2ccc(S(C)(=O)=O)cc2)CC1.Cl. The number of piperidine rings is 1. The number of nitrogens with zero attached hydrogens (tertiary/aromatic N) is 1. The summed E-state index contributed by atoms with van der Waals surface area (Å²) in [6.07, 6.45) is 3.39. The van der Waals surface area contributed by atoms with Gasteiger partial charge in [-0.3, -0.25) is 4.79 Å². The first kappa shape index (κ1) is 21.7. The Bertz CT molecular complexity index is 654. The van der Waals surface area contributed by atoms with E-state index in [2.05, 4.69) is 0 Å². The van der Waals surface area contributed by atoms with Gasteiger partial charge in [-0.25, -0.2) is 8.42 Å². The fourth-order valence-electron chi connectivity index (χ4n) is 2.87. The van der Waals surface area contributed by atoms with Gasteiger partial charge in [0, 0.05) is 25.4 Å². The van der Waals surface area contributed by atoms with Crippen molar-refractivity contribution in [1.29, 1.82) is 0 Å². The van der Waals surface area contributed by atoms with Gasteiger partial charge in [0.05, 0.1) is 17.9 Å². The lowest BCUT2D eigenvalue weighted by Gasteiger charge is -2.33. The molecule has 6 nitrogen and oxygen atoms in total. The molecule has 1 fully saturated rings. The second kappa shape index (κ2) is 9.40. The summed E-state index contributed by atoms with van der Waals surface area (Å²) < 4.78 is 28.3. The largest absolute Gasteiger partial charge is 0.493 e. The summed E-state index contributed by atoms with van der Waals surface area (Å²) in [5, 5.41) is 0. The number of benzene rings is 1. The van der Waals surface area contributed by atoms with E-state index in [4.69, 9.17) is 10.5 Å². The minimum Gasteiger partial charge on any atom is -0.493 e. The third-order valence-electron chi connectivity index (χ3n) is 4.47. The lowest BCUT2D eigenvalue weighted by atomic mass is 9.91. The van der Waals surface area contributed by atoms with E-state index >= 15 is 0 Å². The molecular weight excluding hydrogens is 364 g/mol. The smallest absolute Gasteiger partial charge is 0.225 e. The number of carbonyl (C=O) groups is 1. The molecule has 2 N–H and O–H groups in total. The van der Waals surface area contributed by atoms with E-state index < -0.39 is 9.84 Å². The summed E-state index contributed by atoms with van der Waals surface area (Å²) in [5.74, 6) is 1.15. The van der Waals surface area contributed by atoms with Crippen molar-refractivity contribution in [2.24, 2.45) is 11.7 Å². The summed E-state index contributed by atoms with van der Waals surface area (Å²) in [6, 6.07) is 6.40. The molecule has 2 rings (SSSR count). The van der Waals surface area contributed by atoms with Gasteiger partial charge in [-0.05, 0) is 49.9 Å². The molecule has 25 heavy (non-hydrogen) atoms. The lowest BCUT2D eigenvalue weighted by Crippen LogP contribution is -2.42. The first-order chi connectivity index (χ1) is 11.3. The number of hydrogen-bond acceptors (Lipinski definition) is 5. The number of halogens is 1. The predicted octanol–water partition coefficient (Wildman–Crippen LogP) is 1.87. The number of hydrogen-bond donors (Lipinski definition) is 1. The first-order valence-electron chi connectivity index (χ1n) is 8.23. The van der Waals surface area contributed by atoms with Crippen LogP contribution in [-0.4, -0.2) is 51.2 Å². The van der Waals surface area contributed by atoms with E-state index in [1.165, 1.54) is 12.1 Å². The van der Waals surface area contributed by atoms with Gasteiger partial charge in [-0.15, -0.1) is 12.4 Å². The number of nitrogens with two attached hydrogens (primary N) is 1. The molecule has 0 aliphatic carbocycles. The second-order valence-corrected chi connectivity index (χ2v) is 8.44. The standard InChI is InChI=1S/C17H26N2O4S.ClH/c1-13(18)14-7-10-19(11-8-14)17(20)9-12-23-15-3-5-16(6-4-15)24(2,21)22;/h3-6,13-14H,7-12,18H2,1-2H3;1H. The zero-order chi connectivity index (χ0) is 17.7. The van der Waals surface area contributed by atoms with Crippen molar-refractivity contribution in [2.75, 3.05) is 26.0 Å². The van der Waals surface area contributed by atoms with Crippen molar-refractivity contribution in [3.8, 4) is 5.75 Å². The number of likely N-dealkylation sites (tertiary alicyclic amines) is 1. The van der Waals surface area contributed by atoms with Gasteiger partial charge in [0.15, 0.2) is 9.84 Å². The molecule has 8 heteroatoms. The molecular formula is C17H27ClN2O4S.